The van der Waals surface area contributed by atoms with E-state index in [1.165, 1.54) is 0 Å². The number of hydrogen-bond donors (Lipinski definition) is 1. The van der Waals surface area contributed by atoms with Gasteiger partial charge < -0.3 is 5.73 Å². The highest BCUT2D eigenvalue weighted by Gasteiger charge is 2.04. The largest absolute Gasteiger partial charge is 0.398 e. The molecule has 0 amide bonds. The molecule has 0 saturated heterocycles. The number of nitriles is 1. The van der Waals surface area contributed by atoms with Crippen molar-refractivity contribution < 1.29 is 0 Å². The summed E-state index contributed by atoms with van der Waals surface area (Å²) in [6.07, 6.45) is 0. The van der Waals surface area contributed by atoms with E-state index in [-0.39, 0.29) is 0 Å². The maximum atomic E-state index is 8.66. The van der Waals surface area contributed by atoms with Crippen molar-refractivity contribution in [2.75, 3.05) is 5.73 Å². The van der Waals surface area contributed by atoms with Crippen LogP contribution in [-0.4, -0.2) is 0 Å². The molecule has 1 aromatic carbocycles. The molecular weight excluding hydrogens is 204 g/mol. The number of hydrogen-bond acceptors (Lipinski definition) is 2. The van der Waals surface area contributed by atoms with Gasteiger partial charge in [-0.05, 0) is 34.5 Å². The van der Waals surface area contributed by atoms with Gasteiger partial charge in [0.05, 0.1) is 11.3 Å². The maximum Gasteiger partial charge on any atom is 0.103 e. The Kier molecular flexibility index (Phi) is 2.16. The van der Waals surface area contributed by atoms with E-state index in [4.69, 9.17) is 11.0 Å². The first-order valence-electron chi connectivity index (χ1n) is 3.11. The third-order valence-electron chi connectivity index (χ3n) is 1.48. The van der Waals surface area contributed by atoms with Crippen molar-refractivity contribution in [3.05, 3.63) is 27.7 Å². The van der Waals surface area contributed by atoms with Crippen LogP contribution < -0.4 is 5.73 Å². The van der Waals surface area contributed by atoms with Crippen molar-refractivity contribution in [3.63, 3.8) is 0 Å². The van der Waals surface area contributed by atoms with Gasteiger partial charge in [0.25, 0.3) is 0 Å². The number of anilines is 1. The summed E-state index contributed by atoms with van der Waals surface area (Å²) in [5.41, 5.74) is 7.61. The van der Waals surface area contributed by atoms with E-state index in [1.807, 2.05) is 19.1 Å². The summed E-state index contributed by atoms with van der Waals surface area (Å²) in [5, 5.41) is 8.66. The van der Waals surface area contributed by atoms with Gasteiger partial charge in [-0.1, -0.05) is 6.07 Å². The SMILES string of the molecule is Cc1ccc(N)c(C#N)c1Br. The minimum Gasteiger partial charge on any atom is -0.398 e. The molecule has 0 spiro atoms. The second-order valence-electron chi connectivity index (χ2n) is 2.27. The normalized spacial score (nSPS) is 9.18. The Morgan fingerprint density at radius 3 is 2.64 bits per heavy atom. The van der Waals surface area contributed by atoms with Crippen molar-refractivity contribution in [1.82, 2.24) is 0 Å². The molecule has 2 N–H and O–H groups in total. The third-order valence-corrected chi connectivity index (χ3v) is 2.50. The van der Waals surface area contributed by atoms with Gasteiger partial charge in [0.15, 0.2) is 0 Å². The second-order valence-corrected chi connectivity index (χ2v) is 3.07. The average molecular weight is 211 g/mol. The summed E-state index contributed by atoms with van der Waals surface area (Å²) in [4.78, 5) is 0. The van der Waals surface area contributed by atoms with Crippen LogP contribution in [0.3, 0.4) is 0 Å². The molecule has 0 aliphatic heterocycles. The summed E-state index contributed by atoms with van der Waals surface area (Å²) in [7, 11) is 0. The van der Waals surface area contributed by atoms with Crippen molar-refractivity contribution in [1.29, 1.82) is 5.26 Å². The topological polar surface area (TPSA) is 49.8 Å². The molecule has 0 atom stereocenters. The number of halogens is 1. The Labute approximate surface area is 73.8 Å². The van der Waals surface area contributed by atoms with E-state index in [0.717, 1.165) is 10.0 Å². The summed E-state index contributed by atoms with van der Waals surface area (Å²) in [6.45, 7) is 1.92. The molecule has 56 valence electrons. The number of benzene rings is 1. The number of rotatable bonds is 0. The van der Waals surface area contributed by atoms with Crippen molar-refractivity contribution >= 4 is 21.6 Å². The van der Waals surface area contributed by atoms with Crippen LogP contribution in [0, 0.1) is 18.3 Å². The zero-order valence-electron chi connectivity index (χ0n) is 6.06. The van der Waals surface area contributed by atoms with Gasteiger partial charge in [0.1, 0.15) is 6.07 Å². The van der Waals surface area contributed by atoms with E-state index >= 15 is 0 Å². The predicted octanol–water partition coefficient (Wildman–Crippen LogP) is 2.21. The molecule has 0 fully saturated rings. The van der Waals surface area contributed by atoms with Gasteiger partial charge in [-0.2, -0.15) is 5.26 Å². The Morgan fingerprint density at radius 2 is 2.18 bits per heavy atom. The van der Waals surface area contributed by atoms with Gasteiger partial charge in [-0.15, -0.1) is 0 Å². The predicted molar refractivity (Wildman–Crippen MR) is 48.0 cm³/mol. The minimum atomic E-state index is 0.518. The summed E-state index contributed by atoms with van der Waals surface area (Å²) < 4.78 is 0.792. The van der Waals surface area contributed by atoms with Crippen molar-refractivity contribution in [2.24, 2.45) is 0 Å². The smallest absolute Gasteiger partial charge is 0.103 e. The molecule has 0 radical (unpaired) electrons. The van der Waals surface area contributed by atoms with Crippen molar-refractivity contribution in [3.8, 4) is 6.07 Å². The lowest BCUT2D eigenvalue weighted by Gasteiger charge is -2.02. The van der Waals surface area contributed by atoms with Crippen LogP contribution in [0.1, 0.15) is 11.1 Å². The highest BCUT2D eigenvalue weighted by atomic mass is 79.9. The van der Waals surface area contributed by atoms with Crippen LogP contribution in [0.2, 0.25) is 0 Å². The van der Waals surface area contributed by atoms with Gasteiger partial charge in [-0.3, -0.25) is 0 Å². The number of nitrogens with zero attached hydrogens (tertiary/aromatic N) is 1. The Hall–Kier alpha value is -1.01. The highest BCUT2D eigenvalue weighted by Crippen LogP contribution is 2.25. The van der Waals surface area contributed by atoms with Crippen LogP contribution in [0.15, 0.2) is 16.6 Å². The van der Waals surface area contributed by atoms with Crippen LogP contribution in [0.5, 0.6) is 0 Å². The van der Waals surface area contributed by atoms with Crippen LogP contribution >= 0.6 is 15.9 Å². The fourth-order valence-corrected chi connectivity index (χ4v) is 1.26. The summed E-state index contributed by atoms with van der Waals surface area (Å²) in [5.74, 6) is 0. The lowest BCUT2D eigenvalue weighted by molar-refractivity contribution is 1.39. The molecule has 0 unspecified atom stereocenters. The van der Waals surface area contributed by atoms with E-state index in [2.05, 4.69) is 15.9 Å². The number of aryl methyl sites for hydroxylation is 1. The lowest BCUT2D eigenvalue weighted by atomic mass is 10.1. The fraction of sp³-hybridized carbons (Fsp3) is 0.125. The van der Waals surface area contributed by atoms with E-state index in [1.54, 1.807) is 6.07 Å². The Balaban J connectivity index is 3.44. The van der Waals surface area contributed by atoms with Gasteiger partial charge in [0, 0.05) is 4.47 Å². The average Bonchev–Trinajstić information content (AvgIpc) is 1.99. The quantitative estimate of drug-likeness (QED) is 0.668. The van der Waals surface area contributed by atoms with Gasteiger partial charge in [0.2, 0.25) is 0 Å². The molecule has 0 aromatic heterocycles. The first kappa shape index (κ1) is 8.09. The van der Waals surface area contributed by atoms with E-state index in [9.17, 15) is 0 Å². The highest BCUT2D eigenvalue weighted by molar-refractivity contribution is 9.10. The molecule has 3 heteroatoms. The van der Waals surface area contributed by atoms with E-state index in [0.29, 0.717) is 11.3 Å². The van der Waals surface area contributed by atoms with Crippen LogP contribution in [0.4, 0.5) is 5.69 Å². The van der Waals surface area contributed by atoms with Gasteiger partial charge >= 0.3 is 0 Å². The van der Waals surface area contributed by atoms with Gasteiger partial charge in [-0.25, -0.2) is 0 Å². The maximum absolute atomic E-state index is 8.66. The van der Waals surface area contributed by atoms with Crippen LogP contribution in [-0.2, 0) is 0 Å². The molecule has 0 aliphatic rings. The molecule has 1 rings (SSSR count). The third kappa shape index (κ3) is 1.36. The summed E-state index contributed by atoms with van der Waals surface area (Å²) >= 11 is 3.29. The monoisotopic (exact) mass is 210 g/mol. The molecule has 0 heterocycles. The zero-order chi connectivity index (χ0) is 8.43. The molecule has 0 bridgehead atoms. The minimum absolute atomic E-state index is 0.518. The number of nitrogens with two attached hydrogens (primary N) is 1. The number of nitrogen functional groups attached to an aromatic ring is 1. The molecule has 11 heavy (non-hydrogen) atoms. The summed E-state index contributed by atoms with van der Waals surface area (Å²) in [6, 6.07) is 5.64. The molecule has 0 aliphatic carbocycles. The zero-order valence-corrected chi connectivity index (χ0v) is 7.64. The van der Waals surface area contributed by atoms with Crippen molar-refractivity contribution in [2.45, 2.75) is 6.92 Å². The molecular formula is C8H7BrN2. The fourth-order valence-electron chi connectivity index (χ4n) is 0.809. The Bertz CT molecular complexity index is 326. The van der Waals surface area contributed by atoms with Crippen LogP contribution in [0.25, 0.3) is 0 Å². The first-order chi connectivity index (χ1) is 5.16. The molecule has 0 saturated carbocycles. The standard InChI is InChI=1S/C8H7BrN2/c1-5-2-3-7(11)6(4-10)8(5)9/h2-3H,11H2,1H3. The lowest BCUT2D eigenvalue weighted by Crippen LogP contribution is -1.92. The molecule has 2 nitrogen and oxygen atoms in total. The van der Waals surface area contributed by atoms with E-state index < -0.39 is 0 Å². The second kappa shape index (κ2) is 2.93. The molecule has 1 aromatic rings. The first-order valence-corrected chi connectivity index (χ1v) is 3.90. The Morgan fingerprint density at radius 1 is 1.55 bits per heavy atom.